The van der Waals surface area contributed by atoms with E-state index in [0.29, 0.717) is 13.2 Å². The zero-order valence-electron chi connectivity index (χ0n) is 5.98. The van der Waals surface area contributed by atoms with Gasteiger partial charge in [0.1, 0.15) is 6.61 Å². The second kappa shape index (κ2) is 3.49. The second-order valence-corrected chi connectivity index (χ2v) is 2.69. The third-order valence-electron chi connectivity index (χ3n) is 0.659. The topological polar surface area (TPSA) is 35.2 Å². The predicted molar refractivity (Wildman–Crippen MR) is 37.9 cm³/mol. The molecule has 2 heteroatoms. The highest BCUT2D eigenvalue weighted by Gasteiger charge is 2.08. The molecule has 0 amide bonds. The average Bonchev–Trinajstić information content (AvgIpc) is 1.63. The van der Waals surface area contributed by atoms with Crippen molar-refractivity contribution in [3.8, 4) is 12.3 Å². The first kappa shape index (κ1) is 8.48. The van der Waals surface area contributed by atoms with Crippen LogP contribution < -0.4 is 5.73 Å². The molecule has 0 aromatic carbocycles. The Labute approximate surface area is 56.4 Å². The maximum absolute atomic E-state index is 5.58. The van der Waals surface area contributed by atoms with Gasteiger partial charge in [0.15, 0.2) is 0 Å². The van der Waals surface area contributed by atoms with Crippen LogP contribution in [-0.2, 0) is 4.74 Å². The zero-order valence-corrected chi connectivity index (χ0v) is 5.98. The molecule has 0 saturated carbocycles. The Hall–Kier alpha value is -0.520. The van der Waals surface area contributed by atoms with E-state index in [-0.39, 0.29) is 5.54 Å². The van der Waals surface area contributed by atoms with Gasteiger partial charge in [0.2, 0.25) is 0 Å². The summed E-state index contributed by atoms with van der Waals surface area (Å²) in [6.45, 7) is 4.64. The Balaban J connectivity index is 3.20. The van der Waals surface area contributed by atoms with Crippen LogP contribution >= 0.6 is 0 Å². The molecule has 0 aliphatic heterocycles. The molecule has 0 saturated heterocycles. The highest BCUT2D eigenvalue weighted by molar-refractivity contribution is 4.83. The van der Waals surface area contributed by atoms with Crippen LogP contribution in [0.4, 0.5) is 0 Å². The van der Waals surface area contributed by atoms with E-state index in [9.17, 15) is 0 Å². The summed E-state index contributed by atoms with van der Waals surface area (Å²) in [4.78, 5) is 0. The third kappa shape index (κ3) is 7.48. The van der Waals surface area contributed by atoms with Crippen molar-refractivity contribution in [3.05, 3.63) is 0 Å². The predicted octanol–water partition coefficient (Wildman–Crippen LogP) is 0.374. The molecule has 0 bridgehead atoms. The lowest BCUT2D eigenvalue weighted by atomic mass is 10.1. The fourth-order valence-electron chi connectivity index (χ4n) is 0.373. The number of hydrogen-bond acceptors (Lipinski definition) is 2. The van der Waals surface area contributed by atoms with E-state index in [1.165, 1.54) is 0 Å². The Morgan fingerprint density at radius 2 is 2.22 bits per heavy atom. The van der Waals surface area contributed by atoms with Gasteiger partial charge in [-0.1, -0.05) is 5.92 Å². The van der Waals surface area contributed by atoms with Gasteiger partial charge in [-0.2, -0.15) is 0 Å². The largest absolute Gasteiger partial charge is 0.367 e. The van der Waals surface area contributed by atoms with E-state index in [4.69, 9.17) is 16.9 Å². The van der Waals surface area contributed by atoms with Gasteiger partial charge in [-0.25, -0.2) is 0 Å². The van der Waals surface area contributed by atoms with E-state index >= 15 is 0 Å². The van der Waals surface area contributed by atoms with Crippen molar-refractivity contribution in [2.75, 3.05) is 13.2 Å². The van der Waals surface area contributed by atoms with E-state index < -0.39 is 0 Å². The smallest absolute Gasteiger partial charge is 0.107 e. The molecular formula is C7H13NO. The lowest BCUT2D eigenvalue weighted by Gasteiger charge is -2.16. The highest BCUT2D eigenvalue weighted by Crippen LogP contribution is 1.95. The fourth-order valence-corrected chi connectivity index (χ4v) is 0.373. The first-order chi connectivity index (χ1) is 4.06. The number of rotatable bonds is 3. The molecule has 0 aromatic heterocycles. The van der Waals surface area contributed by atoms with Crippen LogP contribution in [0.1, 0.15) is 13.8 Å². The molecule has 0 radical (unpaired) electrons. The fraction of sp³-hybridized carbons (Fsp3) is 0.714. The Morgan fingerprint density at radius 3 is 2.56 bits per heavy atom. The van der Waals surface area contributed by atoms with Crippen molar-refractivity contribution in [1.82, 2.24) is 0 Å². The molecule has 0 rings (SSSR count). The first-order valence-electron chi connectivity index (χ1n) is 2.86. The average molecular weight is 127 g/mol. The van der Waals surface area contributed by atoms with Crippen LogP contribution in [0, 0.1) is 12.3 Å². The number of terminal acetylenes is 1. The summed E-state index contributed by atoms with van der Waals surface area (Å²) in [5.74, 6) is 2.36. The Kier molecular flexibility index (Phi) is 3.29. The van der Waals surface area contributed by atoms with E-state index in [2.05, 4.69) is 5.92 Å². The summed E-state index contributed by atoms with van der Waals surface area (Å²) >= 11 is 0. The van der Waals surface area contributed by atoms with E-state index in [0.717, 1.165) is 0 Å². The Morgan fingerprint density at radius 1 is 1.67 bits per heavy atom. The summed E-state index contributed by atoms with van der Waals surface area (Å²) in [6.07, 6.45) is 4.94. The van der Waals surface area contributed by atoms with Crippen LogP contribution in [0.15, 0.2) is 0 Å². The SMILES string of the molecule is C#CCOCC(C)(C)N. The van der Waals surface area contributed by atoms with Crippen LogP contribution in [0.2, 0.25) is 0 Å². The van der Waals surface area contributed by atoms with Crippen molar-refractivity contribution in [2.45, 2.75) is 19.4 Å². The molecule has 0 aliphatic rings. The standard InChI is InChI=1S/C7H13NO/c1-4-5-9-6-7(2,3)8/h1H,5-6,8H2,2-3H3. The summed E-state index contributed by atoms with van der Waals surface area (Å²) in [7, 11) is 0. The summed E-state index contributed by atoms with van der Waals surface area (Å²) in [6, 6.07) is 0. The molecule has 0 fully saturated rings. The first-order valence-corrected chi connectivity index (χ1v) is 2.86. The molecule has 52 valence electrons. The monoisotopic (exact) mass is 127 g/mol. The number of ether oxygens (including phenoxy) is 1. The lowest BCUT2D eigenvalue weighted by molar-refractivity contribution is 0.124. The zero-order chi connectivity index (χ0) is 7.33. The van der Waals surface area contributed by atoms with Gasteiger partial charge in [-0.3, -0.25) is 0 Å². The molecule has 0 atom stereocenters. The van der Waals surface area contributed by atoms with Gasteiger partial charge in [0.05, 0.1) is 6.61 Å². The van der Waals surface area contributed by atoms with E-state index in [1.54, 1.807) is 0 Å². The quantitative estimate of drug-likeness (QED) is 0.439. The maximum atomic E-state index is 5.58. The minimum Gasteiger partial charge on any atom is -0.367 e. The minimum absolute atomic E-state index is 0.267. The maximum Gasteiger partial charge on any atom is 0.107 e. The molecule has 0 aromatic rings. The number of hydrogen-bond donors (Lipinski definition) is 1. The van der Waals surface area contributed by atoms with Gasteiger partial charge in [-0.15, -0.1) is 6.42 Å². The van der Waals surface area contributed by atoms with Gasteiger partial charge >= 0.3 is 0 Å². The minimum atomic E-state index is -0.267. The molecule has 0 spiro atoms. The van der Waals surface area contributed by atoms with Gasteiger partial charge in [0.25, 0.3) is 0 Å². The van der Waals surface area contributed by atoms with E-state index in [1.807, 2.05) is 13.8 Å². The molecule has 0 heterocycles. The van der Waals surface area contributed by atoms with Crippen molar-refractivity contribution in [2.24, 2.45) is 5.73 Å². The normalized spacial score (nSPS) is 10.9. The van der Waals surface area contributed by atoms with Crippen molar-refractivity contribution in [3.63, 3.8) is 0 Å². The van der Waals surface area contributed by atoms with Crippen LogP contribution in [0.5, 0.6) is 0 Å². The van der Waals surface area contributed by atoms with Crippen LogP contribution in [0.3, 0.4) is 0 Å². The molecule has 0 aliphatic carbocycles. The molecular weight excluding hydrogens is 114 g/mol. The van der Waals surface area contributed by atoms with Gasteiger partial charge < -0.3 is 10.5 Å². The van der Waals surface area contributed by atoms with Crippen molar-refractivity contribution in [1.29, 1.82) is 0 Å². The summed E-state index contributed by atoms with van der Waals surface area (Å²) < 4.78 is 4.99. The summed E-state index contributed by atoms with van der Waals surface area (Å²) in [5.41, 5.74) is 5.32. The van der Waals surface area contributed by atoms with Gasteiger partial charge in [-0.05, 0) is 13.8 Å². The van der Waals surface area contributed by atoms with Crippen molar-refractivity contribution >= 4 is 0 Å². The van der Waals surface area contributed by atoms with Crippen molar-refractivity contribution < 1.29 is 4.74 Å². The molecule has 2 nitrogen and oxygen atoms in total. The third-order valence-corrected chi connectivity index (χ3v) is 0.659. The second-order valence-electron chi connectivity index (χ2n) is 2.69. The highest BCUT2D eigenvalue weighted by atomic mass is 16.5. The Bertz CT molecular complexity index is 107. The number of nitrogens with two attached hydrogens (primary N) is 1. The lowest BCUT2D eigenvalue weighted by Crippen LogP contribution is -2.37. The van der Waals surface area contributed by atoms with Gasteiger partial charge in [0, 0.05) is 5.54 Å². The van der Waals surface area contributed by atoms with Crippen LogP contribution in [-0.4, -0.2) is 18.8 Å². The molecule has 9 heavy (non-hydrogen) atoms. The summed E-state index contributed by atoms with van der Waals surface area (Å²) in [5, 5.41) is 0. The van der Waals surface area contributed by atoms with Crippen LogP contribution in [0.25, 0.3) is 0 Å². The molecule has 0 unspecified atom stereocenters. The molecule has 2 N–H and O–H groups in total.